The molecule has 0 aliphatic heterocycles. The van der Waals surface area contributed by atoms with E-state index in [1.54, 1.807) is 0 Å². The lowest BCUT2D eigenvalue weighted by Crippen LogP contribution is -2.32. The van der Waals surface area contributed by atoms with Gasteiger partial charge in [-0.3, -0.25) is 4.79 Å². The molecule has 1 aromatic rings. The van der Waals surface area contributed by atoms with Gasteiger partial charge < -0.3 is 9.88 Å². The number of hydrogen-bond acceptors (Lipinski definition) is 2. The first-order valence-corrected chi connectivity index (χ1v) is 6.58. The molecule has 2 aliphatic rings. The molecule has 1 N–H and O–H groups in total. The Labute approximate surface area is 102 Å². The molecule has 0 aromatic carbocycles. The Morgan fingerprint density at radius 3 is 2.82 bits per heavy atom. The molecule has 0 bridgehead atoms. The van der Waals surface area contributed by atoms with Crippen molar-refractivity contribution in [2.24, 2.45) is 5.92 Å². The van der Waals surface area contributed by atoms with Gasteiger partial charge in [0.2, 0.25) is 0 Å². The van der Waals surface area contributed by atoms with Gasteiger partial charge in [0, 0.05) is 29.4 Å². The van der Waals surface area contributed by atoms with E-state index in [-0.39, 0.29) is 5.92 Å². The van der Waals surface area contributed by atoms with Gasteiger partial charge in [0.15, 0.2) is 5.78 Å². The molecular formula is C14H20N2O. The number of Topliss-reactive ketones (excluding diaryl/α,β-unsaturated/α-hetero) is 1. The fraction of sp³-hybridized carbons (Fsp3) is 0.643. The van der Waals surface area contributed by atoms with Gasteiger partial charge >= 0.3 is 0 Å². The van der Waals surface area contributed by atoms with Gasteiger partial charge in [-0.15, -0.1) is 0 Å². The van der Waals surface area contributed by atoms with E-state index in [0.29, 0.717) is 5.78 Å². The zero-order chi connectivity index (χ0) is 12.0. The Kier molecular flexibility index (Phi) is 2.58. The SMILES string of the molecule is CN(C)CC1CCc2[nH]c3c(c2C1=O)CCC3. The topological polar surface area (TPSA) is 36.1 Å². The molecule has 92 valence electrons. The monoisotopic (exact) mass is 232 g/mol. The van der Waals surface area contributed by atoms with Gasteiger partial charge in [-0.2, -0.15) is 0 Å². The summed E-state index contributed by atoms with van der Waals surface area (Å²) in [7, 11) is 4.09. The highest BCUT2D eigenvalue weighted by atomic mass is 16.1. The largest absolute Gasteiger partial charge is 0.361 e. The predicted molar refractivity (Wildman–Crippen MR) is 67.5 cm³/mol. The maximum Gasteiger partial charge on any atom is 0.169 e. The lowest BCUT2D eigenvalue weighted by atomic mass is 9.84. The van der Waals surface area contributed by atoms with Crippen molar-refractivity contribution in [1.82, 2.24) is 9.88 Å². The van der Waals surface area contributed by atoms with Crippen LogP contribution >= 0.6 is 0 Å². The first-order valence-electron chi connectivity index (χ1n) is 6.58. The van der Waals surface area contributed by atoms with E-state index >= 15 is 0 Å². The number of ketones is 1. The van der Waals surface area contributed by atoms with E-state index in [2.05, 4.69) is 9.88 Å². The second-order valence-corrected chi connectivity index (χ2v) is 5.65. The number of H-pyrrole nitrogens is 1. The van der Waals surface area contributed by atoms with E-state index < -0.39 is 0 Å². The highest BCUT2D eigenvalue weighted by Gasteiger charge is 2.33. The Bertz CT molecular complexity index is 459. The van der Waals surface area contributed by atoms with Crippen molar-refractivity contribution in [3.05, 3.63) is 22.5 Å². The summed E-state index contributed by atoms with van der Waals surface area (Å²) in [5.74, 6) is 0.595. The third kappa shape index (κ3) is 1.73. The predicted octanol–water partition coefficient (Wildman–Crippen LogP) is 1.81. The van der Waals surface area contributed by atoms with Crippen LogP contribution in [0.4, 0.5) is 0 Å². The molecule has 1 unspecified atom stereocenters. The van der Waals surface area contributed by atoms with E-state index in [4.69, 9.17) is 0 Å². The minimum Gasteiger partial charge on any atom is -0.361 e. The molecule has 0 amide bonds. The third-order valence-corrected chi connectivity index (χ3v) is 4.07. The fourth-order valence-corrected chi connectivity index (χ4v) is 3.34. The van der Waals surface area contributed by atoms with Crippen molar-refractivity contribution in [1.29, 1.82) is 0 Å². The quantitative estimate of drug-likeness (QED) is 0.844. The summed E-state index contributed by atoms with van der Waals surface area (Å²) in [6.07, 6.45) is 5.49. The number of aromatic nitrogens is 1. The molecule has 0 saturated heterocycles. The van der Waals surface area contributed by atoms with Gasteiger partial charge in [-0.1, -0.05) is 0 Å². The maximum atomic E-state index is 12.5. The molecule has 3 heteroatoms. The van der Waals surface area contributed by atoms with Crippen LogP contribution in [0.3, 0.4) is 0 Å². The molecule has 0 radical (unpaired) electrons. The van der Waals surface area contributed by atoms with E-state index in [9.17, 15) is 4.79 Å². The van der Waals surface area contributed by atoms with Crippen LogP contribution in [0.5, 0.6) is 0 Å². The van der Waals surface area contributed by atoms with Gasteiger partial charge in [-0.05, 0) is 51.8 Å². The summed E-state index contributed by atoms with van der Waals surface area (Å²) in [6, 6.07) is 0. The van der Waals surface area contributed by atoms with Crippen LogP contribution in [0.2, 0.25) is 0 Å². The smallest absolute Gasteiger partial charge is 0.169 e. The fourth-order valence-electron chi connectivity index (χ4n) is 3.34. The van der Waals surface area contributed by atoms with Gasteiger partial charge in [0.05, 0.1) is 0 Å². The van der Waals surface area contributed by atoms with Gasteiger partial charge in [0.25, 0.3) is 0 Å². The van der Waals surface area contributed by atoms with Crippen molar-refractivity contribution < 1.29 is 4.79 Å². The molecule has 3 nitrogen and oxygen atoms in total. The van der Waals surface area contributed by atoms with Crippen LogP contribution in [0.1, 0.15) is 40.2 Å². The molecule has 3 rings (SSSR count). The van der Waals surface area contributed by atoms with Crippen LogP contribution in [0.15, 0.2) is 0 Å². The zero-order valence-electron chi connectivity index (χ0n) is 10.7. The molecule has 1 heterocycles. The number of fused-ring (bicyclic) bond motifs is 3. The Hall–Kier alpha value is -1.09. The second-order valence-electron chi connectivity index (χ2n) is 5.65. The number of aromatic amines is 1. The summed E-state index contributed by atoms with van der Waals surface area (Å²) in [6.45, 7) is 0.887. The lowest BCUT2D eigenvalue weighted by Gasteiger charge is -2.24. The number of aryl methyl sites for hydroxylation is 2. The average Bonchev–Trinajstić information content (AvgIpc) is 2.80. The Morgan fingerprint density at radius 1 is 1.24 bits per heavy atom. The first kappa shape index (κ1) is 11.0. The van der Waals surface area contributed by atoms with Crippen LogP contribution in [0, 0.1) is 5.92 Å². The molecule has 0 spiro atoms. The lowest BCUT2D eigenvalue weighted by molar-refractivity contribution is 0.0876. The molecule has 0 saturated carbocycles. The highest BCUT2D eigenvalue weighted by molar-refractivity contribution is 6.02. The van der Waals surface area contributed by atoms with E-state index in [1.807, 2.05) is 14.1 Å². The van der Waals surface area contributed by atoms with Crippen LogP contribution < -0.4 is 0 Å². The van der Waals surface area contributed by atoms with E-state index in [0.717, 1.165) is 37.8 Å². The Morgan fingerprint density at radius 2 is 2.06 bits per heavy atom. The molecule has 1 atom stereocenters. The van der Waals surface area contributed by atoms with Gasteiger partial charge in [-0.25, -0.2) is 0 Å². The number of rotatable bonds is 2. The second kappa shape index (κ2) is 3.98. The molecule has 2 aliphatic carbocycles. The number of carbonyl (C=O) groups is 1. The number of carbonyl (C=O) groups excluding carboxylic acids is 1. The first-order chi connectivity index (χ1) is 8.16. The van der Waals surface area contributed by atoms with Crippen molar-refractivity contribution in [2.45, 2.75) is 32.1 Å². The van der Waals surface area contributed by atoms with Crippen molar-refractivity contribution in [3.8, 4) is 0 Å². The van der Waals surface area contributed by atoms with Crippen LogP contribution in [0.25, 0.3) is 0 Å². The van der Waals surface area contributed by atoms with Crippen molar-refractivity contribution >= 4 is 5.78 Å². The third-order valence-electron chi connectivity index (χ3n) is 4.07. The molecule has 0 fully saturated rings. The Balaban J connectivity index is 1.94. The van der Waals surface area contributed by atoms with Crippen molar-refractivity contribution in [3.63, 3.8) is 0 Å². The maximum absolute atomic E-state index is 12.5. The number of nitrogens with one attached hydrogen (secondary N) is 1. The molecular weight excluding hydrogens is 212 g/mol. The molecule has 17 heavy (non-hydrogen) atoms. The summed E-state index contributed by atoms with van der Waals surface area (Å²) in [4.78, 5) is 18.1. The standard InChI is InChI=1S/C14H20N2O/c1-16(2)8-9-6-7-12-13(14(9)17)10-4-3-5-11(10)15-12/h9,15H,3-8H2,1-2H3. The highest BCUT2D eigenvalue weighted by Crippen LogP contribution is 2.34. The van der Waals surface area contributed by atoms with E-state index in [1.165, 1.54) is 23.4 Å². The summed E-state index contributed by atoms with van der Waals surface area (Å²) in [5, 5.41) is 0. The summed E-state index contributed by atoms with van der Waals surface area (Å²) >= 11 is 0. The zero-order valence-corrected chi connectivity index (χ0v) is 10.7. The minimum atomic E-state index is 0.206. The molecule has 1 aromatic heterocycles. The van der Waals surface area contributed by atoms with Gasteiger partial charge in [0.1, 0.15) is 0 Å². The number of hydrogen-bond donors (Lipinski definition) is 1. The summed E-state index contributed by atoms with van der Waals surface area (Å²) < 4.78 is 0. The van der Waals surface area contributed by atoms with Crippen LogP contribution in [-0.2, 0) is 19.3 Å². The number of nitrogens with zero attached hydrogens (tertiary/aromatic N) is 1. The average molecular weight is 232 g/mol. The van der Waals surface area contributed by atoms with Crippen LogP contribution in [-0.4, -0.2) is 36.3 Å². The summed E-state index contributed by atoms with van der Waals surface area (Å²) in [5.41, 5.74) is 4.97. The minimum absolute atomic E-state index is 0.206. The van der Waals surface area contributed by atoms with Crippen molar-refractivity contribution in [2.75, 3.05) is 20.6 Å². The normalized spacial score (nSPS) is 23.0.